The SMILES string of the molecule is CNC(=O)CN1CC(C)C(O)C(O)C1CO. The van der Waals surface area contributed by atoms with Gasteiger partial charge in [0.15, 0.2) is 0 Å². The van der Waals surface area contributed by atoms with Crippen molar-refractivity contribution in [3.63, 3.8) is 0 Å². The van der Waals surface area contributed by atoms with Crippen LogP contribution in [0.1, 0.15) is 6.92 Å². The van der Waals surface area contributed by atoms with E-state index >= 15 is 0 Å². The molecule has 0 spiro atoms. The molecule has 0 bridgehead atoms. The number of aliphatic hydroxyl groups is 3. The van der Waals surface area contributed by atoms with Crippen LogP contribution in [0.15, 0.2) is 0 Å². The van der Waals surface area contributed by atoms with Crippen molar-refractivity contribution in [2.45, 2.75) is 25.2 Å². The van der Waals surface area contributed by atoms with Crippen LogP contribution in [0, 0.1) is 5.92 Å². The van der Waals surface area contributed by atoms with E-state index in [1.54, 1.807) is 11.8 Å². The quantitative estimate of drug-likeness (QED) is 0.442. The maximum atomic E-state index is 11.3. The van der Waals surface area contributed by atoms with Crippen molar-refractivity contribution in [2.24, 2.45) is 5.92 Å². The van der Waals surface area contributed by atoms with Crippen LogP contribution in [0.4, 0.5) is 0 Å². The zero-order valence-corrected chi connectivity index (χ0v) is 9.63. The van der Waals surface area contributed by atoms with E-state index in [9.17, 15) is 20.1 Å². The van der Waals surface area contributed by atoms with E-state index in [2.05, 4.69) is 5.32 Å². The molecule has 1 amide bonds. The topological polar surface area (TPSA) is 93.0 Å². The minimum atomic E-state index is -1.02. The van der Waals surface area contributed by atoms with Crippen LogP contribution in [0.5, 0.6) is 0 Å². The van der Waals surface area contributed by atoms with Gasteiger partial charge in [-0.3, -0.25) is 9.69 Å². The van der Waals surface area contributed by atoms with E-state index in [4.69, 9.17) is 0 Å². The minimum absolute atomic E-state index is 0.121. The van der Waals surface area contributed by atoms with E-state index in [1.165, 1.54) is 7.05 Å². The van der Waals surface area contributed by atoms with Gasteiger partial charge in [0.25, 0.3) is 0 Å². The number of likely N-dealkylation sites (tertiary alicyclic amines) is 1. The summed E-state index contributed by atoms with van der Waals surface area (Å²) in [4.78, 5) is 13.0. The summed E-state index contributed by atoms with van der Waals surface area (Å²) < 4.78 is 0. The third kappa shape index (κ3) is 2.70. The Morgan fingerprint density at radius 1 is 1.44 bits per heavy atom. The largest absolute Gasteiger partial charge is 0.395 e. The van der Waals surface area contributed by atoms with Crippen molar-refractivity contribution in [3.8, 4) is 0 Å². The Morgan fingerprint density at radius 2 is 2.06 bits per heavy atom. The van der Waals surface area contributed by atoms with Gasteiger partial charge < -0.3 is 20.6 Å². The van der Waals surface area contributed by atoms with E-state index in [0.717, 1.165) is 0 Å². The van der Waals surface area contributed by atoms with Crippen LogP contribution in [-0.4, -0.2) is 71.1 Å². The molecule has 0 radical (unpaired) electrons. The average molecular weight is 232 g/mol. The molecular formula is C10H20N2O4. The molecule has 0 aromatic heterocycles. The molecule has 6 nitrogen and oxygen atoms in total. The summed E-state index contributed by atoms with van der Waals surface area (Å²) in [6.45, 7) is 2.13. The van der Waals surface area contributed by atoms with Gasteiger partial charge in [-0.2, -0.15) is 0 Å². The number of hydrogen-bond donors (Lipinski definition) is 4. The summed E-state index contributed by atoms with van der Waals surface area (Å²) in [7, 11) is 1.54. The molecule has 1 aliphatic rings. The number of nitrogens with zero attached hydrogens (tertiary/aromatic N) is 1. The maximum Gasteiger partial charge on any atom is 0.233 e. The number of carbonyl (C=O) groups is 1. The summed E-state index contributed by atoms with van der Waals surface area (Å²) in [6, 6.07) is -0.580. The van der Waals surface area contributed by atoms with Crippen LogP contribution in [-0.2, 0) is 4.79 Å². The lowest BCUT2D eigenvalue weighted by Gasteiger charge is -2.43. The van der Waals surface area contributed by atoms with Gasteiger partial charge in [-0.15, -0.1) is 0 Å². The van der Waals surface area contributed by atoms with Gasteiger partial charge >= 0.3 is 0 Å². The second kappa shape index (κ2) is 5.58. The summed E-state index contributed by atoms with van der Waals surface area (Å²) in [5, 5.41) is 31.1. The standard InChI is InChI=1S/C10H20N2O4/c1-6-3-12(4-8(14)11-2)7(5-13)10(16)9(6)15/h6-7,9-10,13,15-16H,3-5H2,1-2H3,(H,11,14). The highest BCUT2D eigenvalue weighted by Gasteiger charge is 2.40. The summed E-state index contributed by atoms with van der Waals surface area (Å²) >= 11 is 0. The lowest BCUT2D eigenvalue weighted by Crippen LogP contribution is -2.61. The van der Waals surface area contributed by atoms with Gasteiger partial charge in [-0.05, 0) is 5.92 Å². The number of likely N-dealkylation sites (N-methyl/N-ethyl adjacent to an activating group) is 1. The molecule has 6 heteroatoms. The van der Waals surface area contributed by atoms with Crippen LogP contribution < -0.4 is 5.32 Å². The molecule has 0 aromatic carbocycles. The van der Waals surface area contributed by atoms with Crippen molar-refractivity contribution in [3.05, 3.63) is 0 Å². The Morgan fingerprint density at radius 3 is 2.56 bits per heavy atom. The van der Waals surface area contributed by atoms with Crippen LogP contribution in [0.3, 0.4) is 0 Å². The van der Waals surface area contributed by atoms with E-state index < -0.39 is 18.2 Å². The molecule has 1 aliphatic heterocycles. The second-order valence-corrected chi connectivity index (χ2v) is 4.31. The van der Waals surface area contributed by atoms with Gasteiger partial charge in [0.2, 0.25) is 5.91 Å². The molecule has 1 heterocycles. The third-order valence-corrected chi connectivity index (χ3v) is 3.13. The molecule has 4 N–H and O–H groups in total. The van der Waals surface area contributed by atoms with Crippen molar-refractivity contribution < 1.29 is 20.1 Å². The van der Waals surface area contributed by atoms with Crippen molar-refractivity contribution >= 4 is 5.91 Å². The lowest BCUT2D eigenvalue weighted by atomic mass is 9.88. The molecule has 0 aromatic rings. The first kappa shape index (κ1) is 13.4. The molecule has 4 unspecified atom stereocenters. The van der Waals surface area contributed by atoms with Crippen LogP contribution >= 0.6 is 0 Å². The molecule has 1 fully saturated rings. The lowest BCUT2D eigenvalue weighted by molar-refractivity contribution is -0.134. The van der Waals surface area contributed by atoms with Gasteiger partial charge in [0.1, 0.15) is 0 Å². The number of aliphatic hydroxyl groups excluding tert-OH is 3. The first-order chi connectivity index (χ1) is 7.51. The number of carbonyl (C=O) groups excluding carboxylic acids is 1. The van der Waals surface area contributed by atoms with E-state index in [-0.39, 0.29) is 25.0 Å². The third-order valence-electron chi connectivity index (χ3n) is 3.13. The summed E-state index contributed by atoms with van der Waals surface area (Å²) in [6.07, 6.45) is -1.86. The van der Waals surface area contributed by atoms with Gasteiger partial charge in [-0.1, -0.05) is 6.92 Å². The van der Waals surface area contributed by atoms with Crippen LogP contribution in [0.2, 0.25) is 0 Å². The average Bonchev–Trinajstić information content (AvgIpc) is 2.26. The number of piperidine rings is 1. The monoisotopic (exact) mass is 232 g/mol. The zero-order valence-electron chi connectivity index (χ0n) is 9.63. The summed E-state index contributed by atoms with van der Waals surface area (Å²) in [5.74, 6) is -0.295. The molecule has 0 aliphatic carbocycles. The molecule has 94 valence electrons. The smallest absolute Gasteiger partial charge is 0.233 e. The minimum Gasteiger partial charge on any atom is -0.395 e. The highest BCUT2D eigenvalue weighted by atomic mass is 16.3. The predicted molar refractivity (Wildman–Crippen MR) is 57.7 cm³/mol. The van der Waals surface area contributed by atoms with Gasteiger partial charge in [0, 0.05) is 13.6 Å². The molecule has 1 saturated heterocycles. The van der Waals surface area contributed by atoms with Crippen LogP contribution in [0.25, 0.3) is 0 Å². The predicted octanol–water partition coefficient (Wildman–Crippen LogP) is -2.23. The molecular weight excluding hydrogens is 212 g/mol. The highest BCUT2D eigenvalue weighted by molar-refractivity contribution is 5.77. The number of nitrogens with one attached hydrogen (secondary N) is 1. The van der Waals surface area contributed by atoms with Crippen molar-refractivity contribution in [2.75, 3.05) is 26.7 Å². The normalized spacial score (nSPS) is 36.1. The van der Waals surface area contributed by atoms with E-state index in [0.29, 0.717) is 6.54 Å². The first-order valence-electron chi connectivity index (χ1n) is 5.42. The fourth-order valence-electron chi connectivity index (χ4n) is 2.06. The maximum absolute atomic E-state index is 11.3. The Labute approximate surface area is 94.9 Å². The number of amides is 1. The Bertz CT molecular complexity index is 249. The second-order valence-electron chi connectivity index (χ2n) is 4.31. The fourth-order valence-corrected chi connectivity index (χ4v) is 2.06. The highest BCUT2D eigenvalue weighted by Crippen LogP contribution is 2.22. The molecule has 4 atom stereocenters. The molecule has 0 saturated carbocycles. The summed E-state index contributed by atoms with van der Waals surface area (Å²) in [5.41, 5.74) is 0. The molecule has 1 rings (SSSR count). The Hall–Kier alpha value is -0.690. The van der Waals surface area contributed by atoms with Crippen molar-refractivity contribution in [1.82, 2.24) is 10.2 Å². The van der Waals surface area contributed by atoms with Gasteiger partial charge in [-0.25, -0.2) is 0 Å². The van der Waals surface area contributed by atoms with Crippen molar-refractivity contribution in [1.29, 1.82) is 0 Å². The Balaban J connectivity index is 2.70. The van der Waals surface area contributed by atoms with E-state index in [1.807, 2.05) is 0 Å². The zero-order chi connectivity index (χ0) is 12.3. The number of rotatable bonds is 3. The molecule has 16 heavy (non-hydrogen) atoms. The van der Waals surface area contributed by atoms with Gasteiger partial charge in [0.05, 0.1) is 31.4 Å². The first-order valence-corrected chi connectivity index (χ1v) is 5.42. The Kier molecular flexibility index (Phi) is 4.67. The number of hydrogen-bond acceptors (Lipinski definition) is 5. The fraction of sp³-hybridized carbons (Fsp3) is 0.900.